The van der Waals surface area contributed by atoms with Crippen molar-refractivity contribution in [2.24, 2.45) is 0 Å². The van der Waals surface area contributed by atoms with E-state index < -0.39 is 0 Å². The molecule has 1 atom stereocenters. The minimum absolute atomic E-state index is 0.117. The standard InChI is InChI=1S/C16H23BrN2O/c1-4-19-10-6-7-13(19)11-18(3)16(20)14-8-5-9-15(17)12(14)2/h5,8-9,13H,4,6-7,10-11H2,1-3H3. The average molecular weight is 339 g/mol. The number of carbonyl (C=O) groups is 1. The largest absolute Gasteiger partial charge is 0.340 e. The molecule has 1 aliphatic heterocycles. The molecular weight excluding hydrogens is 316 g/mol. The average Bonchev–Trinajstić information content (AvgIpc) is 2.88. The van der Waals surface area contributed by atoms with Crippen LogP contribution in [-0.4, -0.2) is 48.4 Å². The van der Waals surface area contributed by atoms with E-state index in [2.05, 4.69) is 27.8 Å². The molecule has 0 bridgehead atoms. The molecule has 1 heterocycles. The molecule has 0 aromatic heterocycles. The number of nitrogens with zero attached hydrogens (tertiary/aromatic N) is 2. The van der Waals surface area contributed by atoms with Gasteiger partial charge in [-0.15, -0.1) is 0 Å². The van der Waals surface area contributed by atoms with Gasteiger partial charge in [0.1, 0.15) is 0 Å². The molecule has 0 spiro atoms. The van der Waals surface area contributed by atoms with E-state index in [1.165, 1.54) is 19.4 Å². The monoisotopic (exact) mass is 338 g/mol. The summed E-state index contributed by atoms with van der Waals surface area (Å²) in [5.74, 6) is 0.117. The molecule has 0 saturated carbocycles. The number of hydrogen-bond acceptors (Lipinski definition) is 2. The molecule has 4 heteroatoms. The summed E-state index contributed by atoms with van der Waals surface area (Å²) in [5, 5.41) is 0. The van der Waals surface area contributed by atoms with Crippen LogP contribution in [-0.2, 0) is 0 Å². The Morgan fingerprint density at radius 1 is 1.50 bits per heavy atom. The van der Waals surface area contributed by atoms with Crippen molar-refractivity contribution in [3.8, 4) is 0 Å². The Kier molecular flexibility index (Phi) is 5.22. The second-order valence-electron chi connectivity index (χ2n) is 5.52. The highest BCUT2D eigenvalue weighted by atomic mass is 79.9. The first-order valence-corrected chi connectivity index (χ1v) is 8.08. The first-order valence-electron chi connectivity index (χ1n) is 7.29. The van der Waals surface area contributed by atoms with Crippen LogP contribution in [0.5, 0.6) is 0 Å². The van der Waals surface area contributed by atoms with Gasteiger partial charge in [0.05, 0.1) is 0 Å². The van der Waals surface area contributed by atoms with Crippen molar-refractivity contribution in [3.63, 3.8) is 0 Å². The van der Waals surface area contributed by atoms with Gasteiger partial charge < -0.3 is 4.90 Å². The lowest BCUT2D eigenvalue weighted by molar-refractivity contribution is 0.0754. The third-order valence-electron chi connectivity index (χ3n) is 4.23. The molecule has 1 amide bonds. The van der Waals surface area contributed by atoms with Gasteiger partial charge in [-0.2, -0.15) is 0 Å². The van der Waals surface area contributed by atoms with E-state index in [1.54, 1.807) is 0 Å². The number of benzene rings is 1. The third-order valence-corrected chi connectivity index (χ3v) is 5.09. The normalized spacial score (nSPS) is 19.3. The Hall–Kier alpha value is -0.870. The van der Waals surface area contributed by atoms with E-state index in [4.69, 9.17) is 0 Å². The summed E-state index contributed by atoms with van der Waals surface area (Å²) >= 11 is 3.49. The molecule has 0 radical (unpaired) electrons. The zero-order valence-electron chi connectivity index (χ0n) is 12.5. The lowest BCUT2D eigenvalue weighted by atomic mass is 10.1. The fourth-order valence-corrected chi connectivity index (χ4v) is 3.33. The molecule has 20 heavy (non-hydrogen) atoms. The maximum atomic E-state index is 12.6. The first-order chi connectivity index (χ1) is 9.54. The molecule has 0 N–H and O–H groups in total. The fraction of sp³-hybridized carbons (Fsp3) is 0.562. The molecule has 1 aliphatic rings. The Morgan fingerprint density at radius 3 is 2.95 bits per heavy atom. The topological polar surface area (TPSA) is 23.6 Å². The summed E-state index contributed by atoms with van der Waals surface area (Å²) < 4.78 is 0.993. The molecule has 3 nitrogen and oxygen atoms in total. The Balaban J connectivity index is 2.07. The van der Waals surface area contributed by atoms with Crippen molar-refractivity contribution in [3.05, 3.63) is 33.8 Å². The zero-order valence-corrected chi connectivity index (χ0v) is 14.1. The molecule has 1 aromatic carbocycles. The zero-order chi connectivity index (χ0) is 14.7. The van der Waals surface area contributed by atoms with E-state index in [1.807, 2.05) is 37.1 Å². The number of amides is 1. The quantitative estimate of drug-likeness (QED) is 0.840. The number of hydrogen-bond donors (Lipinski definition) is 0. The van der Waals surface area contributed by atoms with E-state index in [9.17, 15) is 4.79 Å². The van der Waals surface area contributed by atoms with Crippen molar-refractivity contribution < 1.29 is 4.79 Å². The smallest absolute Gasteiger partial charge is 0.253 e. The van der Waals surface area contributed by atoms with Gasteiger partial charge in [0.15, 0.2) is 0 Å². The van der Waals surface area contributed by atoms with Crippen LogP contribution in [0.25, 0.3) is 0 Å². The van der Waals surface area contributed by atoms with Crippen molar-refractivity contribution >= 4 is 21.8 Å². The van der Waals surface area contributed by atoms with Gasteiger partial charge in [-0.05, 0) is 50.6 Å². The van der Waals surface area contributed by atoms with E-state index in [0.717, 1.165) is 28.7 Å². The van der Waals surface area contributed by atoms with E-state index in [0.29, 0.717) is 6.04 Å². The van der Waals surface area contributed by atoms with Gasteiger partial charge in [-0.1, -0.05) is 28.9 Å². The minimum Gasteiger partial charge on any atom is -0.340 e. The van der Waals surface area contributed by atoms with Gasteiger partial charge in [0.2, 0.25) is 0 Å². The number of likely N-dealkylation sites (N-methyl/N-ethyl adjacent to an activating group) is 2. The van der Waals surface area contributed by atoms with Crippen LogP contribution in [0.2, 0.25) is 0 Å². The highest BCUT2D eigenvalue weighted by Crippen LogP contribution is 2.22. The van der Waals surface area contributed by atoms with Crippen LogP contribution in [0.1, 0.15) is 35.7 Å². The van der Waals surface area contributed by atoms with Crippen LogP contribution in [0, 0.1) is 6.92 Å². The number of likely N-dealkylation sites (tertiary alicyclic amines) is 1. The Labute approximate surface area is 130 Å². The molecule has 1 saturated heterocycles. The maximum absolute atomic E-state index is 12.6. The van der Waals surface area contributed by atoms with Crippen molar-refractivity contribution in [2.45, 2.75) is 32.7 Å². The number of rotatable bonds is 4. The summed E-state index contributed by atoms with van der Waals surface area (Å²) in [6.07, 6.45) is 2.44. The molecule has 1 aromatic rings. The Bertz CT molecular complexity index is 489. The summed E-state index contributed by atoms with van der Waals surface area (Å²) in [6.45, 7) is 7.23. The first kappa shape index (κ1) is 15.5. The van der Waals surface area contributed by atoms with E-state index in [-0.39, 0.29) is 5.91 Å². The summed E-state index contributed by atoms with van der Waals surface area (Å²) in [6, 6.07) is 6.32. The number of halogens is 1. The van der Waals surface area contributed by atoms with Crippen molar-refractivity contribution in [1.82, 2.24) is 9.80 Å². The molecular formula is C16H23BrN2O. The van der Waals surface area contributed by atoms with Gasteiger partial charge in [-0.3, -0.25) is 9.69 Å². The predicted octanol–water partition coefficient (Wildman–Crippen LogP) is 3.31. The van der Waals surface area contributed by atoms with Crippen LogP contribution >= 0.6 is 15.9 Å². The highest BCUT2D eigenvalue weighted by molar-refractivity contribution is 9.10. The maximum Gasteiger partial charge on any atom is 0.253 e. The van der Waals surface area contributed by atoms with Gasteiger partial charge in [0, 0.05) is 29.7 Å². The number of carbonyl (C=O) groups excluding carboxylic acids is 1. The van der Waals surface area contributed by atoms with E-state index >= 15 is 0 Å². The molecule has 1 fully saturated rings. The predicted molar refractivity (Wildman–Crippen MR) is 86.1 cm³/mol. The second kappa shape index (κ2) is 6.72. The lowest BCUT2D eigenvalue weighted by Crippen LogP contribution is -2.41. The second-order valence-corrected chi connectivity index (χ2v) is 6.38. The van der Waals surface area contributed by atoms with Crippen LogP contribution in [0.15, 0.2) is 22.7 Å². The molecule has 2 rings (SSSR count). The SMILES string of the molecule is CCN1CCCC1CN(C)C(=O)c1cccc(Br)c1C. The molecule has 1 unspecified atom stereocenters. The third kappa shape index (κ3) is 3.23. The Morgan fingerprint density at radius 2 is 2.25 bits per heavy atom. The van der Waals surface area contributed by atoms with Crippen LogP contribution in [0.3, 0.4) is 0 Å². The highest BCUT2D eigenvalue weighted by Gasteiger charge is 2.26. The van der Waals surface area contributed by atoms with Crippen LogP contribution in [0.4, 0.5) is 0 Å². The van der Waals surface area contributed by atoms with Crippen LogP contribution < -0.4 is 0 Å². The van der Waals surface area contributed by atoms with Gasteiger partial charge >= 0.3 is 0 Å². The lowest BCUT2D eigenvalue weighted by Gasteiger charge is -2.28. The summed E-state index contributed by atoms with van der Waals surface area (Å²) in [5.41, 5.74) is 1.81. The summed E-state index contributed by atoms with van der Waals surface area (Å²) in [4.78, 5) is 16.9. The minimum atomic E-state index is 0.117. The van der Waals surface area contributed by atoms with Crippen molar-refractivity contribution in [1.29, 1.82) is 0 Å². The van der Waals surface area contributed by atoms with Gasteiger partial charge in [0.25, 0.3) is 5.91 Å². The molecule has 0 aliphatic carbocycles. The van der Waals surface area contributed by atoms with Gasteiger partial charge in [-0.25, -0.2) is 0 Å². The van der Waals surface area contributed by atoms with Crippen molar-refractivity contribution in [2.75, 3.05) is 26.7 Å². The molecule has 110 valence electrons. The summed E-state index contributed by atoms with van der Waals surface area (Å²) in [7, 11) is 1.91. The fourth-order valence-electron chi connectivity index (χ4n) is 2.96.